The Hall–Kier alpha value is -1.76. The molecule has 2 N–H and O–H groups in total. The quantitative estimate of drug-likeness (QED) is 0.736. The monoisotopic (exact) mass is 376 g/mol. The summed E-state index contributed by atoms with van der Waals surface area (Å²) in [5.41, 5.74) is 9.30. The van der Waals surface area contributed by atoms with Gasteiger partial charge in [0.2, 0.25) is 5.89 Å². The van der Waals surface area contributed by atoms with Crippen LogP contribution < -0.4 is 5.73 Å². The van der Waals surface area contributed by atoms with Gasteiger partial charge < -0.3 is 10.3 Å². The normalized spacial score (nSPS) is 15.9. The summed E-state index contributed by atoms with van der Waals surface area (Å²) in [7, 11) is 0. The summed E-state index contributed by atoms with van der Waals surface area (Å²) < 4.78 is 5.40. The van der Waals surface area contributed by atoms with E-state index in [1.807, 2.05) is 0 Å². The molecule has 1 saturated carbocycles. The number of nitrogens with zero attached hydrogens (tertiary/aromatic N) is 3. The van der Waals surface area contributed by atoms with Gasteiger partial charge in [-0.05, 0) is 25.8 Å². The molecule has 7 heteroatoms. The molecule has 1 aliphatic rings. The lowest BCUT2D eigenvalue weighted by Gasteiger charge is -2.17. The minimum absolute atomic E-state index is 0. The van der Waals surface area contributed by atoms with Crippen molar-refractivity contribution in [3.8, 4) is 10.6 Å². The molecule has 3 aromatic rings. The van der Waals surface area contributed by atoms with E-state index >= 15 is 0 Å². The van der Waals surface area contributed by atoms with Gasteiger partial charge in [-0.1, -0.05) is 41.8 Å². The number of rotatable bonds is 4. The van der Waals surface area contributed by atoms with Gasteiger partial charge in [0.25, 0.3) is 0 Å². The molecule has 1 fully saturated rings. The van der Waals surface area contributed by atoms with E-state index in [0.29, 0.717) is 18.1 Å². The van der Waals surface area contributed by atoms with Crippen LogP contribution in [-0.4, -0.2) is 15.1 Å². The highest BCUT2D eigenvalue weighted by molar-refractivity contribution is 7.13. The number of benzene rings is 1. The van der Waals surface area contributed by atoms with Crippen molar-refractivity contribution in [3.05, 3.63) is 52.6 Å². The zero-order valence-corrected chi connectivity index (χ0v) is 15.7. The highest BCUT2D eigenvalue weighted by Crippen LogP contribution is 2.34. The number of aryl methyl sites for hydroxylation is 1. The van der Waals surface area contributed by atoms with Crippen molar-refractivity contribution in [2.45, 2.75) is 44.6 Å². The molecule has 0 radical (unpaired) electrons. The van der Waals surface area contributed by atoms with Gasteiger partial charge in [0.05, 0.1) is 17.7 Å². The molecule has 0 amide bonds. The van der Waals surface area contributed by atoms with Crippen molar-refractivity contribution in [1.29, 1.82) is 0 Å². The average molecular weight is 377 g/mol. The Morgan fingerprint density at radius 1 is 1.24 bits per heavy atom. The summed E-state index contributed by atoms with van der Waals surface area (Å²) in [6.07, 6.45) is 4.67. The van der Waals surface area contributed by atoms with Crippen molar-refractivity contribution >= 4 is 23.7 Å². The molecule has 0 bridgehead atoms. The second-order valence-electron chi connectivity index (χ2n) is 6.57. The first-order valence-electron chi connectivity index (χ1n) is 8.26. The highest BCUT2D eigenvalue weighted by atomic mass is 35.5. The van der Waals surface area contributed by atoms with Crippen LogP contribution in [0.3, 0.4) is 0 Å². The fraction of sp³-hybridized carbons (Fsp3) is 0.389. The zero-order valence-electron chi connectivity index (χ0n) is 14.1. The van der Waals surface area contributed by atoms with Crippen LogP contribution in [0, 0.1) is 6.92 Å². The van der Waals surface area contributed by atoms with Crippen LogP contribution in [0.25, 0.3) is 10.6 Å². The molecule has 0 saturated heterocycles. The first-order chi connectivity index (χ1) is 11.6. The maximum absolute atomic E-state index is 6.38. The van der Waals surface area contributed by atoms with Crippen molar-refractivity contribution in [3.63, 3.8) is 0 Å². The Kier molecular flexibility index (Phi) is 5.22. The molecule has 25 heavy (non-hydrogen) atoms. The number of thiazole rings is 1. The third kappa shape index (κ3) is 3.76. The lowest BCUT2D eigenvalue weighted by molar-refractivity contribution is 0.352. The molecule has 1 aliphatic carbocycles. The van der Waals surface area contributed by atoms with Gasteiger partial charge in [-0.25, -0.2) is 4.98 Å². The molecular formula is C18H21ClN4OS. The highest BCUT2D eigenvalue weighted by Gasteiger charge is 2.35. The first kappa shape index (κ1) is 18.0. The molecule has 2 heterocycles. The van der Waals surface area contributed by atoms with Gasteiger partial charge in [0.15, 0.2) is 5.82 Å². The lowest BCUT2D eigenvalue weighted by atomic mass is 9.99. The number of nitrogens with two attached hydrogens (primary N) is 1. The molecule has 0 aliphatic heterocycles. The van der Waals surface area contributed by atoms with Gasteiger partial charge in [-0.3, -0.25) is 0 Å². The van der Waals surface area contributed by atoms with Gasteiger partial charge in [-0.2, -0.15) is 4.98 Å². The van der Waals surface area contributed by atoms with E-state index in [4.69, 9.17) is 15.2 Å². The smallest absolute Gasteiger partial charge is 0.232 e. The Balaban J connectivity index is 0.00000182. The van der Waals surface area contributed by atoms with E-state index in [1.165, 1.54) is 5.56 Å². The fourth-order valence-electron chi connectivity index (χ4n) is 3.21. The van der Waals surface area contributed by atoms with Crippen LogP contribution in [-0.2, 0) is 12.0 Å². The molecular weight excluding hydrogens is 356 g/mol. The third-order valence-electron chi connectivity index (χ3n) is 4.56. The maximum Gasteiger partial charge on any atom is 0.232 e. The summed E-state index contributed by atoms with van der Waals surface area (Å²) in [5.74, 6) is 1.23. The van der Waals surface area contributed by atoms with Crippen LogP contribution in [0.2, 0.25) is 0 Å². The summed E-state index contributed by atoms with van der Waals surface area (Å²) in [6.45, 7) is 2.09. The zero-order chi connectivity index (χ0) is 16.6. The van der Waals surface area contributed by atoms with Crippen molar-refractivity contribution in [1.82, 2.24) is 15.1 Å². The van der Waals surface area contributed by atoms with E-state index in [1.54, 1.807) is 11.3 Å². The minimum Gasteiger partial charge on any atom is -0.339 e. The number of halogens is 1. The number of hydrogen-bond acceptors (Lipinski definition) is 6. The average Bonchev–Trinajstić information content (AvgIpc) is 3.29. The SMILES string of the molecule is Cc1cccc(-c2nc(Cc3nc(C4(N)CCCC4)no3)cs2)c1.Cl. The van der Waals surface area contributed by atoms with Crippen molar-refractivity contribution in [2.24, 2.45) is 5.73 Å². The summed E-state index contributed by atoms with van der Waals surface area (Å²) in [6, 6.07) is 8.37. The van der Waals surface area contributed by atoms with E-state index in [0.717, 1.165) is 41.9 Å². The van der Waals surface area contributed by atoms with Crippen LogP contribution in [0.15, 0.2) is 34.2 Å². The molecule has 4 rings (SSSR count). The summed E-state index contributed by atoms with van der Waals surface area (Å²) in [5, 5.41) is 7.17. The Morgan fingerprint density at radius 2 is 2.04 bits per heavy atom. The van der Waals surface area contributed by atoms with Crippen LogP contribution in [0.4, 0.5) is 0 Å². The summed E-state index contributed by atoms with van der Waals surface area (Å²) >= 11 is 1.64. The molecule has 1 aromatic carbocycles. The predicted octanol–water partition coefficient (Wildman–Crippen LogP) is 4.24. The van der Waals surface area contributed by atoms with Gasteiger partial charge in [-0.15, -0.1) is 23.7 Å². The second-order valence-corrected chi connectivity index (χ2v) is 7.42. The minimum atomic E-state index is -0.406. The van der Waals surface area contributed by atoms with E-state index in [2.05, 4.69) is 46.7 Å². The van der Waals surface area contributed by atoms with Gasteiger partial charge in [0, 0.05) is 10.9 Å². The van der Waals surface area contributed by atoms with E-state index in [9.17, 15) is 0 Å². The maximum atomic E-state index is 6.38. The van der Waals surface area contributed by atoms with Crippen molar-refractivity contribution in [2.75, 3.05) is 0 Å². The lowest BCUT2D eigenvalue weighted by Crippen LogP contribution is -2.34. The largest absolute Gasteiger partial charge is 0.339 e. The van der Waals surface area contributed by atoms with Crippen LogP contribution >= 0.6 is 23.7 Å². The van der Waals surface area contributed by atoms with Crippen molar-refractivity contribution < 1.29 is 4.52 Å². The topological polar surface area (TPSA) is 77.8 Å². The molecule has 0 spiro atoms. The standard InChI is InChI=1S/C18H20N4OS.ClH/c1-12-5-4-6-13(9-12)16-20-14(11-24-16)10-15-21-17(22-23-15)18(19)7-2-3-8-18;/h4-6,9,11H,2-3,7-8,10,19H2,1H3;1H. The number of hydrogen-bond donors (Lipinski definition) is 1. The molecule has 132 valence electrons. The molecule has 2 aromatic heterocycles. The third-order valence-corrected chi connectivity index (χ3v) is 5.50. The Morgan fingerprint density at radius 3 is 2.80 bits per heavy atom. The fourth-order valence-corrected chi connectivity index (χ4v) is 4.03. The van der Waals surface area contributed by atoms with Crippen LogP contribution in [0.1, 0.15) is 48.7 Å². The second kappa shape index (κ2) is 7.23. The molecule has 0 unspecified atom stereocenters. The molecule has 0 atom stereocenters. The Labute approximate surface area is 157 Å². The predicted molar refractivity (Wildman–Crippen MR) is 101 cm³/mol. The van der Waals surface area contributed by atoms with Crippen LogP contribution in [0.5, 0.6) is 0 Å². The van der Waals surface area contributed by atoms with E-state index < -0.39 is 5.54 Å². The number of aromatic nitrogens is 3. The van der Waals surface area contributed by atoms with E-state index in [-0.39, 0.29) is 12.4 Å². The van der Waals surface area contributed by atoms with Gasteiger partial charge in [0.1, 0.15) is 5.01 Å². The van der Waals surface area contributed by atoms with Gasteiger partial charge >= 0.3 is 0 Å². The Bertz CT molecular complexity index is 854. The molecule has 5 nitrogen and oxygen atoms in total. The summed E-state index contributed by atoms with van der Waals surface area (Å²) in [4.78, 5) is 9.22. The first-order valence-corrected chi connectivity index (χ1v) is 9.14.